The lowest BCUT2D eigenvalue weighted by Crippen LogP contribution is -2.50. The van der Waals surface area contributed by atoms with Gasteiger partial charge in [-0.25, -0.2) is 9.69 Å². The molecule has 2 aliphatic heterocycles. The number of rotatable bonds is 4. The molecule has 1 saturated heterocycles. The number of amides is 3. The summed E-state index contributed by atoms with van der Waals surface area (Å²) in [5.41, 5.74) is 3.94. The van der Waals surface area contributed by atoms with Gasteiger partial charge in [-0.05, 0) is 48.2 Å². The maximum atomic E-state index is 14.0. The number of fused-ring (bicyclic) bond motifs is 5. The number of hydrogen-bond acceptors (Lipinski definition) is 4. The first-order chi connectivity index (χ1) is 17.3. The summed E-state index contributed by atoms with van der Waals surface area (Å²) in [4.78, 5) is 44.6. The smallest absolute Gasteiger partial charge is 0.332 e. The first-order valence-corrected chi connectivity index (χ1v) is 11.9. The molecule has 8 nitrogen and oxygen atoms in total. The van der Waals surface area contributed by atoms with Crippen LogP contribution in [0.3, 0.4) is 0 Å². The van der Waals surface area contributed by atoms with Crippen molar-refractivity contribution in [1.29, 1.82) is 0 Å². The van der Waals surface area contributed by atoms with E-state index in [2.05, 4.69) is 36.2 Å². The highest BCUT2D eigenvalue weighted by Crippen LogP contribution is 2.50. The summed E-state index contributed by atoms with van der Waals surface area (Å²) in [5.74, 6) is -0.502. The molecule has 2 aliphatic rings. The van der Waals surface area contributed by atoms with Crippen LogP contribution in [0.1, 0.15) is 42.1 Å². The van der Waals surface area contributed by atoms with Crippen LogP contribution >= 0.6 is 0 Å². The maximum absolute atomic E-state index is 14.0. The van der Waals surface area contributed by atoms with Crippen molar-refractivity contribution < 1.29 is 14.5 Å². The number of aryl methyl sites for hydroxylation is 1. The van der Waals surface area contributed by atoms with E-state index in [-0.39, 0.29) is 17.5 Å². The molecule has 6 rings (SSSR count). The third-order valence-corrected chi connectivity index (χ3v) is 7.64. The number of aromatic amines is 1. The Labute approximate surface area is 207 Å². The van der Waals surface area contributed by atoms with Crippen molar-refractivity contribution in [2.45, 2.75) is 31.7 Å². The van der Waals surface area contributed by atoms with E-state index >= 15 is 0 Å². The number of benzene rings is 3. The Morgan fingerprint density at radius 3 is 2.39 bits per heavy atom. The molecule has 1 N–H and O–H groups in total. The maximum Gasteiger partial charge on any atom is 0.332 e. The van der Waals surface area contributed by atoms with Crippen molar-refractivity contribution in [3.05, 3.63) is 105 Å². The van der Waals surface area contributed by atoms with Gasteiger partial charge in [-0.15, -0.1) is 0 Å². The minimum atomic E-state index is -1.23. The Balaban J connectivity index is 1.52. The number of imide groups is 1. The van der Waals surface area contributed by atoms with Gasteiger partial charge in [-0.3, -0.25) is 14.9 Å². The average Bonchev–Trinajstić information content (AvgIpc) is 3.38. The van der Waals surface area contributed by atoms with Gasteiger partial charge in [-0.2, -0.15) is 0 Å². The molecule has 3 heterocycles. The monoisotopic (exact) mass is 480 g/mol. The van der Waals surface area contributed by atoms with E-state index < -0.39 is 16.5 Å². The van der Waals surface area contributed by atoms with Crippen molar-refractivity contribution in [2.24, 2.45) is 0 Å². The highest BCUT2D eigenvalue weighted by atomic mass is 16.6. The van der Waals surface area contributed by atoms with E-state index in [1.165, 1.54) is 29.8 Å². The number of non-ortho nitro benzene ring substituents is 1. The summed E-state index contributed by atoms with van der Waals surface area (Å²) in [6.07, 6.45) is 0.935. The number of urea groups is 1. The van der Waals surface area contributed by atoms with Crippen LogP contribution in [-0.2, 0) is 16.8 Å². The number of anilines is 1. The number of nitro groups is 1. The molecule has 1 aromatic heterocycles. The molecule has 0 bridgehead atoms. The molecule has 4 aromatic rings. The number of nitrogens with zero attached hydrogens (tertiary/aromatic N) is 3. The molecule has 0 unspecified atom stereocenters. The lowest BCUT2D eigenvalue weighted by Gasteiger charge is -2.40. The minimum Gasteiger partial charge on any atom is -0.356 e. The van der Waals surface area contributed by atoms with Gasteiger partial charge in [0.15, 0.2) is 5.54 Å². The van der Waals surface area contributed by atoms with Gasteiger partial charge in [0.1, 0.15) is 0 Å². The highest BCUT2D eigenvalue weighted by Gasteiger charge is 2.60. The zero-order valence-electron chi connectivity index (χ0n) is 19.9. The largest absolute Gasteiger partial charge is 0.356 e. The fraction of sp³-hybridized carbons (Fsp3) is 0.214. The number of aromatic nitrogens is 1. The molecule has 0 radical (unpaired) electrons. The zero-order chi connectivity index (χ0) is 25.2. The first-order valence-electron chi connectivity index (χ1n) is 11.9. The second kappa shape index (κ2) is 7.78. The summed E-state index contributed by atoms with van der Waals surface area (Å²) >= 11 is 0. The molecule has 180 valence electrons. The standard InChI is InChI=1S/C28H24N4O4/c1-3-17-8-10-18(11-9-17)22-16-30-27(34)31(19-12-14-20(15-13-19)32(35)36)26(33)28(30,2)25-24(22)21-6-4-5-7-23(21)29-25/h4-15,22,29H,3,16H2,1-2H3/t22-,28+/m1/s1. The Hall–Kier alpha value is -4.46. The fourth-order valence-corrected chi connectivity index (χ4v) is 5.63. The van der Waals surface area contributed by atoms with Gasteiger partial charge < -0.3 is 9.88 Å². The molecular weight excluding hydrogens is 456 g/mol. The lowest BCUT2D eigenvalue weighted by molar-refractivity contribution is -0.384. The fourth-order valence-electron chi connectivity index (χ4n) is 5.63. The molecule has 8 heteroatoms. The normalized spacial score (nSPS) is 21.1. The SMILES string of the molecule is CCc1ccc([C@H]2CN3C(=O)N(c4ccc([N+](=O)[O-])cc4)C(=O)[C@]3(C)c3[nH]c4ccccc4c32)cc1. The van der Waals surface area contributed by atoms with E-state index in [9.17, 15) is 19.7 Å². The van der Waals surface area contributed by atoms with Gasteiger partial charge in [-0.1, -0.05) is 49.4 Å². The van der Waals surface area contributed by atoms with Gasteiger partial charge in [0.05, 0.1) is 16.3 Å². The van der Waals surface area contributed by atoms with E-state index in [0.717, 1.165) is 33.4 Å². The lowest BCUT2D eigenvalue weighted by atomic mass is 9.78. The predicted octanol–water partition coefficient (Wildman–Crippen LogP) is 5.47. The van der Waals surface area contributed by atoms with E-state index in [1.807, 2.05) is 24.3 Å². The summed E-state index contributed by atoms with van der Waals surface area (Å²) < 4.78 is 0. The van der Waals surface area contributed by atoms with Crippen molar-refractivity contribution in [3.8, 4) is 0 Å². The number of nitro benzene ring substituents is 1. The Bertz CT molecular complexity index is 1540. The van der Waals surface area contributed by atoms with Crippen LogP contribution in [0.2, 0.25) is 0 Å². The second-order valence-corrected chi connectivity index (χ2v) is 9.49. The van der Waals surface area contributed by atoms with E-state index in [0.29, 0.717) is 17.9 Å². The van der Waals surface area contributed by atoms with Crippen LogP contribution in [0.25, 0.3) is 10.9 Å². The zero-order valence-corrected chi connectivity index (χ0v) is 19.9. The van der Waals surface area contributed by atoms with Crippen LogP contribution < -0.4 is 4.90 Å². The van der Waals surface area contributed by atoms with Gasteiger partial charge >= 0.3 is 6.03 Å². The summed E-state index contributed by atoms with van der Waals surface area (Å²) in [6.45, 7) is 4.23. The number of hydrogen-bond donors (Lipinski definition) is 1. The third kappa shape index (κ3) is 2.94. The third-order valence-electron chi connectivity index (χ3n) is 7.64. The molecule has 3 aromatic carbocycles. The molecular formula is C28H24N4O4. The van der Waals surface area contributed by atoms with Crippen molar-refractivity contribution in [2.75, 3.05) is 11.4 Å². The molecule has 1 fully saturated rings. The number of H-pyrrole nitrogens is 1. The number of nitrogens with one attached hydrogen (secondary N) is 1. The van der Waals surface area contributed by atoms with Gasteiger partial charge in [0.2, 0.25) is 0 Å². The van der Waals surface area contributed by atoms with Crippen molar-refractivity contribution in [1.82, 2.24) is 9.88 Å². The molecule has 2 atom stereocenters. The second-order valence-electron chi connectivity index (χ2n) is 9.49. The molecule has 0 spiro atoms. The highest BCUT2D eigenvalue weighted by molar-refractivity contribution is 6.23. The topological polar surface area (TPSA) is 99.5 Å². The Kier molecular flexibility index (Phi) is 4.76. The van der Waals surface area contributed by atoms with E-state index in [4.69, 9.17) is 0 Å². The van der Waals surface area contributed by atoms with Crippen molar-refractivity contribution in [3.63, 3.8) is 0 Å². The molecule has 0 aliphatic carbocycles. The number of carbonyl (C=O) groups is 2. The molecule has 0 saturated carbocycles. The minimum absolute atomic E-state index is 0.102. The summed E-state index contributed by atoms with van der Waals surface area (Å²) in [6, 6.07) is 21.5. The van der Waals surface area contributed by atoms with Crippen molar-refractivity contribution >= 4 is 34.2 Å². The molecule has 36 heavy (non-hydrogen) atoms. The summed E-state index contributed by atoms with van der Waals surface area (Å²) in [5, 5.41) is 12.1. The van der Waals surface area contributed by atoms with Crippen LogP contribution in [-0.4, -0.2) is 33.3 Å². The quantitative estimate of drug-likeness (QED) is 0.238. The number of carbonyl (C=O) groups excluding carboxylic acids is 2. The average molecular weight is 481 g/mol. The predicted molar refractivity (Wildman–Crippen MR) is 136 cm³/mol. The van der Waals surface area contributed by atoms with Crippen LogP contribution in [0.15, 0.2) is 72.8 Å². The van der Waals surface area contributed by atoms with Gasteiger partial charge in [0.25, 0.3) is 11.6 Å². The Morgan fingerprint density at radius 1 is 1.03 bits per heavy atom. The van der Waals surface area contributed by atoms with Crippen LogP contribution in [0.4, 0.5) is 16.2 Å². The van der Waals surface area contributed by atoms with Gasteiger partial charge in [0, 0.05) is 35.5 Å². The Morgan fingerprint density at radius 2 is 1.72 bits per heavy atom. The summed E-state index contributed by atoms with van der Waals surface area (Å²) in [7, 11) is 0. The van der Waals surface area contributed by atoms with Crippen LogP contribution in [0.5, 0.6) is 0 Å². The van der Waals surface area contributed by atoms with E-state index in [1.54, 1.807) is 11.8 Å². The molecule has 3 amide bonds. The first kappa shape index (κ1) is 22.0. The number of para-hydroxylation sites is 1. The van der Waals surface area contributed by atoms with Crippen LogP contribution in [0, 0.1) is 10.1 Å².